The number of hydrogen-bond acceptors (Lipinski definition) is 5. The molecule has 3 heterocycles. The SMILES string of the molecule is CC(C)CCc1nc2c(o1)CCN(C(=O)CN1C(=O)CNC1=O)C2. The van der Waals surface area contributed by atoms with Gasteiger partial charge in [-0.1, -0.05) is 13.8 Å². The fraction of sp³-hybridized carbons (Fsp3) is 0.625. The zero-order valence-corrected chi connectivity index (χ0v) is 14.0. The second kappa shape index (κ2) is 6.62. The lowest BCUT2D eigenvalue weighted by molar-refractivity contribution is -0.137. The summed E-state index contributed by atoms with van der Waals surface area (Å²) in [6, 6.07) is -0.511. The molecule has 2 aliphatic heterocycles. The van der Waals surface area contributed by atoms with Gasteiger partial charge in [-0.3, -0.25) is 14.5 Å². The maximum absolute atomic E-state index is 12.4. The highest BCUT2D eigenvalue weighted by molar-refractivity contribution is 6.04. The number of carbonyl (C=O) groups excluding carboxylic acids is 3. The van der Waals surface area contributed by atoms with E-state index < -0.39 is 6.03 Å². The Morgan fingerprint density at radius 2 is 2.17 bits per heavy atom. The lowest BCUT2D eigenvalue weighted by atomic mass is 10.1. The molecule has 0 aromatic carbocycles. The highest BCUT2D eigenvalue weighted by Crippen LogP contribution is 2.21. The van der Waals surface area contributed by atoms with Crippen LogP contribution in [-0.4, -0.2) is 52.3 Å². The van der Waals surface area contributed by atoms with Gasteiger partial charge in [0, 0.05) is 19.4 Å². The summed E-state index contributed by atoms with van der Waals surface area (Å²) in [6.07, 6.45) is 2.41. The molecule has 0 aliphatic carbocycles. The normalized spacial score (nSPS) is 17.5. The molecule has 1 saturated heterocycles. The van der Waals surface area contributed by atoms with Crippen LogP contribution in [0.1, 0.15) is 37.6 Å². The van der Waals surface area contributed by atoms with E-state index in [1.807, 2.05) is 0 Å². The van der Waals surface area contributed by atoms with E-state index >= 15 is 0 Å². The minimum atomic E-state index is -0.511. The number of urea groups is 1. The van der Waals surface area contributed by atoms with Crippen LogP contribution in [0, 0.1) is 5.92 Å². The van der Waals surface area contributed by atoms with Crippen LogP contribution in [0.4, 0.5) is 4.79 Å². The second-order valence-electron chi connectivity index (χ2n) is 6.61. The number of nitrogens with one attached hydrogen (secondary N) is 1. The van der Waals surface area contributed by atoms with Crippen LogP contribution in [0.15, 0.2) is 4.42 Å². The van der Waals surface area contributed by atoms with Crippen molar-refractivity contribution in [3.8, 4) is 0 Å². The fourth-order valence-electron chi connectivity index (χ4n) is 2.83. The summed E-state index contributed by atoms with van der Waals surface area (Å²) in [5.74, 6) is 1.52. The van der Waals surface area contributed by atoms with Gasteiger partial charge in [-0.05, 0) is 12.3 Å². The van der Waals surface area contributed by atoms with Crippen molar-refractivity contribution in [1.82, 2.24) is 20.1 Å². The van der Waals surface area contributed by atoms with Crippen LogP contribution < -0.4 is 5.32 Å². The number of hydrogen-bond donors (Lipinski definition) is 1. The topological polar surface area (TPSA) is 95.8 Å². The number of oxazole rings is 1. The first kappa shape index (κ1) is 16.5. The number of fused-ring (bicyclic) bond motifs is 1. The predicted molar refractivity (Wildman–Crippen MR) is 83.9 cm³/mol. The minimum absolute atomic E-state index is 0.0429. The van der Waals surface area contributed by atoms with Gasteiger partial charge in [0.05, 0.1) is 13.1 Å². The van der Waals surface area contributed by atoms with Gasteiger partial charge in [0.2, 0.25) is 5.91 Å². The van der Waals surface area contributed by atoms with Crippen molar-refractivity contribution in [3.05, 3.63) is 17.3 Å². The van der Waals surface area contributed by atoms with E-state index in [1.54, 1.807) is 4.90 Å². The van der Waals surface area contributed by atoms with E-state index in [0.717, 1.165) is 35.1 Å². The molecule has 0 radical (unpaired) electrons. The number of amides is 4. The van der Waals surface area contributed by atoms with E-state index in [4.69, 9.17) is 4.42 Å². The van der Waals surface area contributed by atoms with Gasteiger partial charge in [0.1, 0.15) is 18.0 Å². The molecule has 0 unspecified atom stereocenters. The van der Waals surface area contributed by atoms with Crippen molar-refractivity contribution < 1.29 is 18.8 Å². The van der Waals surface area contributed by atoms with Crippen molar-refractivity contribution in [2.45, 2.75) is 39.7 Å². The van der Waals surface area contributed by atoms with Crippen LogP contribution >= 0.6 is 0 Å². The highest BCUT2D eigenvalue weighted by atomic mass is 16.4. The molecule has 1 aromatic rings. The van der Waals surface area contributed by atoms with E-state index in [1.165, 1.54) is 0 Å². The molecule has 0 spiro atoms. The first-order valence-electron chi connectivity index (χ1n) is 8.27. The predicted octanol–water partition coefficient (Wildman–Crippen LogP) is 0.700. The monoisotopic (exact) mass is 334 g/mol. The molecule has 0 atom stereocenters. The van der Waals surface area contributed by atoms with E-state index in [-0.39, 0.29) is 24.9 Å². The summed E-state index contributed by atoms with van der Waals surface area (Å²) >= 11 is 0. The molecule has 8 nitrogen and oxygen atoms in total. The number of carbonyl (C=O) groups is 3. The Morgan fingerprint density at radius 3 is 2.83 bits per heavy atom. The Bertz CT molecular complexity index is 651. The Labute approximate surface area is 140 Å². The third-order valence-electron chi connectivity index (χ3n) is 4.29. The third-order valence-corrected chi connectivity index (χ3v) is 4.29. The lowest BCUT2D eigenvalue weighted by Crippen LogP contribution is -2.44. The zero-order valence-electron chi connectivity index (χ0n) is 14.0. The average molecular weight is 334 g/mol. The summed E-state index contributed by atoms with van der Waals surface area (Å²) in [4.78, 5) is 42.5. The molecule has 4 amide bonds. The number of aromatic nitrogens is 1. The first-order valence-corrected chi connectivity index (χ1v) is 8.27. The van der Waals surface area contributed by atoms with Crippen molar-refractivity contribution in [3.63, 3.8) is 0 Å². The Kier molecular flexibility index (Phi) is 4.55. The molecule has 0 saturated carbocycles. The molecule has 3 rings (SSSR count). The van der Waals surface area contributed by atoms with Crippen molar-refractivity contribution >= 4 is 17.8 Å². The summed E-state index contributed by atoms with van der Waals surface area (Å²) in [7, 11) is 0. The van der Waals surface area contributed by atoms with E-state index in [2.05, 4.69) is 24.1 Å². The Morgan fingerprint density at radius 1 is 1.38 bits per heavy atom. The second-order valence-corrected chi connectivity index (χ2v) is 6.61. The van der Waals surface area contributed by atoms with E-state index in [0.29, 0.717) is 25.4 Å². The van der Waals surface area contributed by atoms with Crippen LogP contribution in [0.3, 0.4) is 0 Å². The molecule has 130 valence electrons. The summed E-state index contributed by atoms with van der Waals surface area (Å²) < 4.78 is 5.77. The molecule has 1 aromatic heterocycles. The van der Waals surface area contributed by atoms with Gasteiger partial charge in [-0.15, -0.1) is 0 Å². The maximum atomic E-state index is 12.4. The van der Waals surface area contributed by atoms with Crippen molar-refractivity contribution in [1.29, 1.82) is 0 Å². The Hall–Kier alpha value is -2.38. The maximum Gasteiger partial charge on any atom is 0.325 e. The largest absolute Gasteiger partial charge is 0.445 e. The van der Waals surface area contributed by atoms with Gasteiger partial charge >= 0.3 is 6.03 Å². The lowest BCUT2D eigenvalue weighted by Gasteiger charge is -2.26. The minimum Gasteiger partial charge on any atom is -0.445 e. The molecule has 1 fully saturated rings. The molecule has 24 heavy (non-hydrogen) atoms. The number of aryl methyl sites for hydroxylation is 1. The molecular weight excluding hydrogens is 312 g/mol. The van der Waals surface area contributed by atoms with Crippen molar-refractivity contribution in [2.24, 2.45) is 5.92 Å². The number of imide groups is 1. The van der Waals surface area contributed by atoms with Gasteiger partial charge in [-0.2, -0.15) is 0 Å². The molecule has 8 heteroatoms. The van der Waals surface area contributed by atoms with Gasteiger partial charge in [-0.25, -0.2) is 9.78 Å². The number of rotatable bonds is 5. The summed E-state index contributed by atoms with van der Waals surface area (Å²) in [5.41, 5.74) is 0.783. The van der Waals surface area contributed by atoms with Crippen LogP contribution in [0.2, 0.25) is 0 Å². The van der Waals surface area contributed by atoms with Gasteiger partial charge < -0.3 is 14.6 Å². The van der Waals surface area contributed by atoms with E-state index in [9.17, 15) is 14.4 Å². The van der Waals surface area contributed by atoms with Crippen LogP contribution in [0.25, 0.3) is 0 Å². The van der Waals surface area contributed by atoms with Crippen LogP contribution in [0.5, 0.6) is 0 Å². The van der Waals surface area contributed by atoms with Gasteiger partial charge in [0.25, 0.3) is 5.91 Å². The molecular formula is C16H22N4O4. The van der Waals surface area contributed by atoms with Crippen LogP contribution in [-0.2, 0) is 29.0 Å². The molecule has 2 aliphatic rings. The average Bonchev–Trinajstić information content (AvgIpc) is 3.09. The van der Waals surface area contributed by atoms with Gasteiger partial charge in [0.15, 0.2) is 5.89 Å². The highest BCUT2D eigenvalue weighted by Gasteiger charge is 2.33. The quantitative estimate of drug-likeness (QED) is 0.800. The molecule has 1 N–H and O–H groups in total. The Balaban J connectivity index is 1.61. The third kappa shape index (κ3) is 3.42. The summed E-state index contributed by atoms with van der Waals surface area (Å²) in [5, 5.41) is 2.41. The zero-order chi connectivity index (χ0) is 17.3. The first-order chi connectivity index (χ1) is 11.4. The molecule has 0 bridgehead atoms. The standard InChI is InChI=1S/C16H22N4O4/c1-10(2)3-4-13-18-11-8-19(6-5-12(11)24-13)15(22)9-20-14(21)7-17-16(20)23/h10H,3-9H2,1-2H3,(H,17,23). The number of nitrogens with zero attached hydrogens (tertiary/aromatic N) is 3. The fourth-order valence-corrected chi connectivity index (χ4v) is 2.83. The summed E-state index contributed by atoms with van der Waals surface area (Å²) in [6.45, 7) is 4.91. The van der Waals surface area contributed by atoms with Crippen molar-refractivity contribution in [2.75, 3.05) is 19.6 Å². The smallest absolute Gasteiger partial charge is 0.325 e.